The van der Waals surface area contributed by atoms with Gasteiger partial charge in [-0.05, 0) is 110 Å². The molecule has 1 aromatic rings. The summed E-state index contributed by atoms with van der Waals surface area (Å²) in [6, 6.07) is 8.73. The van der Waals surface area contributed by atoms with Crippen LogP contribution in [0.25, 0.3) is 6.08 Å². The van der Waals surface area contributed by atoms with Crippen LogP contribution in [-0.4, -0.2) is 11.2 Å². The minimum absolute atomic E-state index is 0.0920. The Kier molecular flexibility index (Phi) is 5.25. The highest BCUT2D eigenvalue weighted by Gasteiger charge is 2.58. The average molecular weight is 405 g/mol. The van der Waals surface area contributed by atoms with Crippen LogP contribution in [0.15, 0.2) is 42.0 Å². The molecule has 0 bridgehead atoms. The molecule has 162 valence electrons. The molecule has 1 heteroatoms. The Morgan fingerprint density at radius 2 is 1.87 bits per heavy atom. The second-order valence-electron chi connectivity index (χ2n) is 11.5. The molecule has 0 aromatic heterocycles. The molecule has 0 saturated heterocycles. The molecule has 1 N–H and O–H groups in total. The molecule has 0 heterocycles. The molecule has 3 fully saturated rings. The van der Waals surface area contributed by atoms with E-state index in [0.717, 1.165) is 36.5 Å². The maximum atomic E-state index is 10.2. The predicted molar refractivity (Wildman–Crippen MR) is 126 cm³/mol. The number of aryl methyl sites for hydroxylation is 1. The summed E-state index contributed by atoms with van der Waals surface area (Å²) in [4.78, 5) is 0. The van der Waals surface area contributed by atoms with Gasteiger partial charge in [-0.15, -0.1) is 0 Å². The van der Waals surface area contributed by atoms with E-state index in [1.54, 1.807) is 5.57 Å². The van der Waals surface area contributed by atoms with Crippen molar-refractivity contribution in [2.45, 2.75) is 84.7 Å². The lowest BCUT2D eigenvalue weighted by Gasteiger charge is -2.58. The fourth-order valence-electron chi connectivity index (χ4n) is 8.27. The van der Waals surface area contributed by atoms with Crippen LogP contribution in [0.2, 0.25) is 0 Å². The summed E-state index contributed by atoms with van der Waals surface area (Å²) in [6.07, 6.45) is 18.6. The molecule has 0 unspecified atom stereocenters. The van der Waals surface area contributed by atoms with Crippen molar-refractivity contribution < 1.29 is 5.11 Å². The van der Waals surface area contributed by atoms with Crippen molar-refractivity contribution in [2.75, 3.05) is 0 Å². The summed E-state index contributed by atoms with van der Waals surface area (Å²) in [5, 5.41) is 10.2. The SMILES string of the molecule is Cc1ccccc1/C=C/C[C@H]1CC[C@H]2[C@@H]3CC=C4C[C@@H](O)CC[C@]4(C)[C@H]3CC[C@]12C. The van der Waals surface area contributed by atoms with Crippen LogP contribution in [-0.2, 0) is 0 Å². The lowest BCUT2D eigenvalue weighted by molar-refractivity contribution is -0.0492. The van der Waals surface area contributed by atoms with Crippen LogP contribution in [0.5, 0.6) is 0 Å². The highest BCUT2D eigenvalue weighted by atomic mass is 16.3. The molecular formula is C29H40O. The third-order valence-electron chi connectivity index (χ3n) is 10.2. The molecule has 0 radical (unpaired) electrons. The first-order valence-corrected chi connectivity index (χ1v) is 12.5. The number of rotatable bonds is 3. The molecule has 0 amide bonds. The molecule has 3 saturated carbocycles. The Hall–Kier alpha value is -1.34. The van der Waals surface area contributed by atoms with Crippen molar-refractivity contribution in [1.29, 1.82) is 0 Å². The molecule has 4 aliphatic rings. The van der Waals surface area contributed by atoms with E-state index in [-0.39, 0.29) is 6.10 Å². The van der Waals surface area contributed by atoms with Gasteiger partial charge in [-0.3, -0.25) is 0 Å². The van der Waals surface area contributed by atoms with Gasteiger partial charge in [-0.1, -0.05) is 61.9 Å². The van der Waals surface area contributed by atoms with Gasteiger partial charge in [0.05, 0.1) is 6.10 Å². The van der Waals surface area contributed by atoms with E-state index in [0.29, 0.717) is 10.8 Å². The van der Waals surface area contributed by atoms with Crippen molar-refractivity contribution in [3.63, 3.8) is 0 Å². The van der Waals surface area contributed by atoms with E-state index in [9.17, 15) is 5.11 Å². The normalized spacial score (nSPS) is 43.1. The van der Waals surface area contributed by atoms with Crippen molar-refractivity contribution in [3.8, 4) is 0 Å². The van der Waals surface area contributed by atoms with Gasteiger partial charge in [-0.25, -0.2) is 0 Å². The maximum Gasteiger partial charge on any atom is 0.0577 e. The summed E-state index contributed by atoms with van der Waals surface area (Å²) in [5.74, 6) is 3.46. The van der Waals surface area contributed by atoms with E-state index in [1.165, 1.54) is 56.1 Å². The van der Waals surface area contributed by atoms with Crippen LogP contribution in [0.1, 0.15) is 82.8 Å². The fraction of sp³-hybridized carbons (Fsp3) is 0.655. The van der Waals surface area contributed by atoms with Gasteiger partial charge in [-0.2, -0.15) is 0 Å². The Balaban J connectivity index is 1.32. The Morgan fingerprint density at radius 3 is 2.70 bits per heavy atom. The van der Waals surface area contributed by atoms with Gasteiger partial charge in [0, 0.05) is 0 Å². The molecule has 4 aliphatic carbocycles. The monoisotopic (exact) mass is 404 g/mol. The van der Waals surface area contributed by atoms with Crippen molar-refractivity contribution in [1.82, 2.24) is 0 Å². The zero-order chi connectivity index (χ0) is 20.9. The minimum atomic E-state index is -0.0920. The largest absolute Gasteiger partial charge is 0.393 e. The first kappa shape index (κ1) is 20.6. The third kappa shape index (κ3) is 3.24. The summed E-state index contributed by atoms with van der Waals surface area (Å²) < 4.78 is 0. The van der Waals surface area contributed by atoms with Gasteiger partial charge >= 0.3 is 0 Å². The van der Waals surface area contributed by atoms with Crippen LogP contribution in [0.3, 0.4) is 0 Å². The molecule has 30 heavy (non-hydrogen) atoms. The van der Waals surface area contributed by atoms with Crippen molar-refractivity contribution >= 4 is 6.08 Å². The van der Waals surface area contributed by atoms with Gasteiger partial charge < -0.3 is 5.11 Å². The molecule has 7 atom stereocenters. The second-order valence-corrected chi connectivity index (χ2v) is 11.5. The average Bonchev–Trinajstić information content (AvgIpc) is 3.06. The van der Waals surface area contributed by atoms with Gasteiger partial charge in [0.25, 0.3) is 0 Å². The number of hydrogen-bond donors (Lipinski definition) is 1. The standard InChI is InChI=1S/C29H40O/c1-20-7-4-5-8-21(20)9-6-10-22-12-14-26-25-13-11-23-19-24(30)15-17-29(23,3)27(25)16-18-28(22,26)2/h4-9,11,22,24-27,30H,10,12-19H2,1-3H3/b9-6+/t22-,24-,25-,26-,27-,28+,29-/m0/s1. The molecule has 1 nitrogen and oxygen atoms in total. The first-order chi connectivity index (χ1) is 14.4. The molecule has 1 aromatic carbocycles. The van der Waals surface area contributed by atoms with Crippen LogP contribution in [0.4, 0.5) is 0 Å². The lowest BCUT2D eigenvalue weighted by atomic mass is 9.47. The maximum absolute atomic E-state index is 10.2. The number of fused-ring (bicyclic) bond motifs is 5. The zero-order valence-electron chi connectivity index (χ0n) is 19.2. The zero-order valence-corrected chi connectivity index (χ0v) is 19.2. The molecule has 5 rings (SSSR count). The second kappa shape index (κ2) is 7.66. The quantitative estimate of drug-likeness (QED) is 0.523. The van der Waals surface area contributed by atoms with Crippen molar-refractivity contribution in [2.24, 2.45) is 34.5 Å². The summed E-state index contributed by atoms with van der Waals surface area (Å²) in [7, 11) is 0. The Labute approximate surface area is 183 Å². The minimum Gasteiger partial charge on any atom is -0.393 e. The first-order valence-electron chi connectivity index (χ1n) is 12.5. The van der Waals surface area contributed by atoms with Crippen molar-refractivity contribution in [3.05, 3.63) is 53.1 Å². The fourth-order valence-corrected chi connectivity index (χ4v) is 8.27. The van der Waals surface area contributed by atoms with E-state index < -0.39 is 0 Å². The molecule has 0 spiro atoms. The smallest absolute Gasteiger partial charge is 0.0577 e. The Morgan fingerprint density at radius 1 is 1.03 bits per heavy atom. The summed E-state index contributed by atoms with van der Waals surface area (Å²) in [5.41, 5.74) is 5.24. The number of allylic oxidation sites excluding steroid dienone is 2. The van der Waals surface area contributed by atoms with E-state index >= 15 is 0 Å². The third-order valence-corrected chi connectivity index (χ3v) is 10.2. The topological polar surface area (TPSA) is 20.2 Å². The molecular weight excluding hydrogens is 364 g/mol. The number of aliphatic hydroxyl groups excluding tert-OH is 1. The summed E-state index contributed by atoms with van der Waals surface area (Å²) >= 11 is 0. The van der Waals surface area contributed by atoms with E-state index in [1.807, 2.05) is 0 Å². The Bertz CT molecular complexity index is 850. The van der Waals surface area contributed by atoms with Gasteiger partial charge in [0.2, 0.25) is 0 Å². The number of aliphatic hydroxyl groups is 1. The van der Waals surface area contributed by atoms with E-state index in [2.05, 4.69) is 63.3 Å². The van der Waals surface area contributed by atoms with Crippen LogP contribution >= 0.6 is 0 Å². The van der Waals surface area contributed by atoms with Crippen LogP contribution in [0, 0.1) is 41.4 Å². The summed E-state index contributed by atoms with van der Waals surface area (Å²) in [6.45, 7) is 7.39. The highest BCUT2D eigenvalue weighted by Crippen LogP contribution is 2.66. The molecule has 0 aliphatic heterocycles. The predicted octanol–water partition coefficient (Wildman–Crippen LogP) is 7.34. The number of benzene rings is 1. The highest BCUT2D eigenvalue weighted by molar-refractivity contribution is 5.53. The van der Waals surface area contributed by atoms with E-state index in [4.69, 9.17) is 0 Å². The van der Waals surface area contributed by atoms with Crippen LogP contribution < -0.4 is 0 Å². The lowest BCUT2D eigenvalue weighted by Crippen LogP contribution is -2.50. The van der Waals surface area contributed by atoms with Gasteiger partial charge in [0.15, 0.2) is 0 Å². The number of hydrogen-bond acceptors (Lipinski definition) is 1. The van der Waals surface area contributed by atoms with Gasteiger partial charge in [0.1, 0.15) is 0 Å².